The molecule has 4 nitrogen and oxygen atoms in total. The van der Waals surface area contributed by atoms with E-state index in [4.69, 9.17) is 19.9 Å². The first-order valence-corrected chi connectivity index (χ1v) is 40.9. The summed E-state index contributed by atoms with van der Waals surface area (Å²) in [5.74, 6) is 1.39. The summed E-state index contributed by atoms with van der Waals surface area (Å²) < 4.78 is 10.4. The molecule has 0 amide bonds. The molecule has 0 N–H and O–H groups in total. The maximum absolute atomic E-state index is 5.36. The molecule has 0 saturated heterocycles. The Labute approximate surface area is 663 Å². The summed E-state index contributed by atoms with van der Waals surface area (Å²) in [6.07, 6.45) is 0. The maximum Gasteiger partial charge on any atom is 0.160 e. The van der Waals surface area contributed by atoms with Crippen LogP contribution >= 0.6 is 45.3 Å². The molecule has 8 heteroatoms. The Morgan fingerprint density at radius 1 is 0.143 bits per heavy atom. The van der Waals surface area contributed by atoms with Gasteiger partial charge in [-0.25, -0.2) is 19.9 Å². The molecular formula is C104H64N4S4. The summed E-state index contributed by atoms with van der Waals surface area (Å²) in [6.45, 7) is 0. The largest absolute Gasteiger partial charge is 0.228 e. The van der Waals surface area contributed by atoms with Crippen LogP contribution in [0.15, 0.2) is 388 Å². The van der Waals surface area contributed by atoms with Crippen LogP contribution in [0, 0.1) is 0 Å². The minimum atomic E-state index is 0.695. The molecule has 0 aliphatic heterocycles. The Kier molecular flexibility index (Phi) is 17.0. The van der Waals surface area contributed by atoms with Crippen molar-refractivity contribution < 1.29 is 0 Å². The fraction of sp³-hybridized carbons (Fsp3) is 0. The Balaban J connectivity index is 0.000000141. The SMILES string of the molecule is c1ccc(-c2ccc(-c3cc(-c4ccccc4)nc(-c4cc(-c5ccc6sc7ccccc7c6c5)cc(-c5ccc6sc7ccccc7c6c5)c4)n3)cc2)cc1.c1ccc(-c2ccc(-c3cc(-c4ccccc4)nc(-c4cc(-c5cccc6c5sc5ccccc56)cc(-c5cccc6c5sc5ccccc56)c4)n3)cc2)cc1. The van der Waals surface area contributed by atoms with E-state index < -0.39 is 0 Å². The van der Waals surface area contributed by atoms with Gasteiger partial charge in [0.15, 0.2) is 11.6 Å². The van der Waals surface area contributed by atoms with Crippen molar-refractivity contribution in [3.63, 3.8) is 0 Å². The van der Waals surface area contributed by atoms with Crippen molar-refractivity contribution in [3.05, 3.63) is 388 Å². The molecule has 0 fully saturated rings. The number of hydrogen-bond acceptors (Lipinski definition) is 8. The Morgan fingerprint density at radius 3 is 0.786 bits per heavy atom. The average Bonchev–Trinajstić information content (AvgIpc) is 1.60. The van der Waals surface area contributed by atoms with Gasteiger partial charge in [0, 0.05) is 114 Å². The van der Waals surface area contributed by atoms with Gasteiger partial charge < -0.3 is 0 Å². The van der Waals surface area contributed by atoms with E-state index in [1.54, 1.807) is 0 Å². The smallest absolute Gasteiger partial charge is 0.160 e. The van der Waals surface area contributed by atoms with Crippen molar-refractivity contribution in [2.75, 3.05) is 0 Å². The Bertz CT molecular complexity index is 7080. The molecule has 6 aromatic heterocycles. The molecule has 6 heterocycles. The van der Waals surface area contributed by atoms with Gasteiger partial charge >= 0.3 is 0 Å². The summed E-state index contributed by atoms with van der Waals surface area (Å²) in [5, 5.41) is 10.3. The molecular weight excluding hydrogens is 1430 g/mol. The minimum Gasteiger partial charge on any atom is -0.228 e. The van der Waals surface area contributed by atoms with Crippen molar-refractivity contribution in [2.45, 2.75) is 0 Å². The number of hydrogen-bond donors (Lipinski definition) is 0. The van der Waals surface area contributed by atoms with E-state index >= 15 is 0 Å². The van der Waals surface area contributed by atoms with E-state index in [1.165, 1.54) is 125 Å². The quantitative estimate of drug-likeness (QED) is 0.122. The minimum absolute atomic E-state index is 0.695. The lowest BCUT2D eigenvalue weighted by Gasteiger charge is -2.14. The summed E-state index contributed by atoms with van der Waals surface area (Å²) in [7, 11) is 0. The lowest BCUT2D eigenvalue weighted by molar-refractivity contribution is 1.18. The van der Waals surface area contributed by atoms with E-state index in [0.717, 1.165) is 78.4 Å². The van der Waals surface area contributed by atoms with Crippen molar-refractivity contribution in [3.8, 4) is 135 Å². The summed E-state index contributed by atoms with van der Waals surface area (Å²) >= 11 is 7.42. The first kappa shape index (κ1) is 66.7. The van der Waals surface area contributed by atoms with Crippen LogP contribution < -0.4 is 0 Å². The van der Waals surface area contributed by atoms with Crippen LogP contribution in [-0.4, -0.2) is 19.9 Å². The van der Waals surface area contributed by atoms with Gasteiger partial charge in [-0.2, -0.15) is 0 Å². The Morgan fingerprint density at radius 2 is 0.402 bits per heavy atom. The number of thiophene rings is 4. The van der Waals surface area contributed by atoms with Gasteiger partial charge in [0.2, 0.25) is 0 Å². The van der Waals surface area contributed by atoms with E-state index in [9.17, 15) is 0 Å². The van der Waals surface area contributed by atoms with E-state index in [1.807, 2.05) is 57.5 Å². The normalized spacial score (nSPS) is 11.6. The van der Waals surface area contributed by atoms with Crippen LogP contribution in [0.3, 0.4) is 0 Å². The van der Waals surface area contributed by atoms with Gasteiger partial charge in [0.1, 0.15) is 0 Å². The molecule has 0 atom stereocenters. The standard InChI is InChI=1S/2C52H32N2S2/c1-3-13-33(14-4-1)34-25-27-36(28-26-34)47-32-46(35-15-5-2-6-16-35)53-52(54-47)39-30-37(40-19-11-21-44-42-17-7-9-23-48(42)55-50(40)44)29-38(31-39)41-20-12-22-45-43-18-8-10-24-49(43)56-51(41)45;1-3-11-33(12-4-1)34-19-21-36(22-20-34)47-32-46(35-13-5-2-6-14-35)53-52(54-47)41-28-39(37-23-25-50-44(30-37)42-15-7-9-17-48(42)55-50)27-40(29-41)38-24-26-51-45(31-38)43-16-8-10-18-49(43)56-51/h2*1-32H. The average molecular weight is 1500 g/mol. The number of benzene rings is 16. The van der Waals surface area contributed by atoms with E-state index in [2.05, 4.69) is 376 Å². The molecule has 112 heavy (non-hydrogen) atoms. The highest BCUT2D eigenvalue weighted by atomic mass is 32.1. The summed E-state index contributed by atoms with van der Waals surface area (Å²) in [4.78, 5) is 21.3. The number of fused-ring (bicyclic) bond motifs is 12. The van der Waals surface area contributed by atoms with Crippen LogP contribution in [0.5, 0.6) is 0 Å². The van der Waals surface area contributed by atoms with Crippen LogP contribution in [-0.2, 0) is 0 Å². The van der Waals surface area contributed by atoms with Crippen LogP contribution in [0.2, 0.25) is 0 Å². The van der Waals surface area contributed by atoms with Crippen molar-refractivity contribution in [1.82, 2.24) is 19.9 Å². The highest BCUT2D eigenvalue weighted by Gasteiger charge is 2.21. The second-order valence-electron chi connectivity index (χ2n) is 28.3. The zero-order valence-corrected chi connectivity index (χ0v) is 63.6. The molecule has 0 aliphatic carbocycles. The first-order chi connectivity index (χ1) is 55.4. The molecule has 22 aromatic rings. The summed E-state index contributed by atoms with van der Waals surface area (Å²) in [5.41, 5.74) is 23.8. The molecule has 16 aromatic carbocycles. The predicted molar refractivity (Wildman–Crippen MR) is 481 cm³/mol. The molecule has 22 rings (SSSR count). The molecule has 0 aliphatic rings. The molecule has 0 radical (unpaired) electrons. The third kappa shape index (κ3) is 12.6. The van der Waals surface area contributed by atoms with Crippen molar-refractivity contribution in [1.29, 1.82) is 0 Å². The number of nitrogens with zero attached hydrogens (tertiary/aromatic N) is 4. The highest BCUT2D eigenvalue weighted by molar-refractivity contribution is 7.27. The van der Waals surface area contributed by atoms with Gasteiger partial charge in [0.25, 0.3) is 0 Å². The predicted octanol–water partition coefficient (Wildman–Crippen LogP) is 30.4. The topological polar surface area (TPSA) is 51.6 Å². The Hall–Kier alpha value is -13.4. The van der Waals surface area contributed by atoms with Crippen LogP contribution in [0.4, 0.5) is 0 Å². The van der Waals surface area contributed by atoms with Crippen LogP contribution in [0.25, 0.3) is 215 Å². The third-order valence-electron chi connectivity index (χ3n) is 21.4. The lowest BCUT2D eigenvalue weighted by atomic mass is 9.94. The zero-order chi connectivity index (χ0) is 74.0. The molecule has 0 bridgehead atoms. The fourth-order valence-electron chi connectivity index (χ4n) is 15.8. The van der Waals surface area contributed by atoms with Gasteiger partial charge in [0.05, 0.1) is 22.8 Å². The van der Waals surface area contributed by atoms with Crippen LogP contribution in [0.1, 0.15) is 0 Å². The zero-order valence-electron chi connectivity index (χ0n) is 60.4. The monoisotopic (exact) mass is 1500 g/mol. The second-order valence-corrected chi connectivity index (χ2v) is 32.6. The second kappa shape index (κ2) is 28.5. The van der Waals surface area contributed by atoms with Gasteiger partial charge in [-0.3, -0.25) is 0 Å². The number of rotatable bonds is 12. The molecule has 0 saturated carbocycles. The fourth-order valence-corrected chi connectivity index (χ4v) is 20.5. The van der Waals surface area contributed by atoms with E-state index in [-0.39, 0.29) is 0 Å². The highest BCUT2D eigenvalue weighted by Crippen LogP contribution is 2.47. The van der Waals surface area contributed by atoms with E-state index in [0.29, 0.717) is 11.6 Å². The molecule has 0 unspecified atom stereocenters. The van der Waals surface area contributed by atoms with Crippen molar-refractivity contribution in [2.24, 2.45) is 0 Å². The summed E-state index contributed by atoms with van der Waals surface area (Å²) in [6, 6.07) is 139. The molecule has 524 valence electrons. The van der Waals surface area contributed by atoms with Gasteiger partial charge in [-0.05, 0) is 164 Å². The maximum atomic E-state index is 5.36. The van der Waals surface area contributed by atoms with Crippen molar-refractivity contribution >= 4 is 126 Å². The molecule has 0 spiro atoms. The van der Waals surface area contributed by atoms with Gasteiger partial charge in [-0.1, -0.05) is 291 Å². The number of aromatic nitrogens is 4. The lowest BCUT2D eigenvalue weighted by Crippen LogP contribution is -1.97. The first-order valence-electron chi connectivity index (χ1n) is 37.6. The van der Waals surface area contributed by atoms with Gasteiger partial charge in [-0.15, -0.1) is 45.3 Å². The third-order valence-corrected chi connectivity index (χ3v) is 26.1.